The van der Waals surface area contributed by atoms with Gasteiger partial charge >= 0.3 is 0 Å². The monoisotopic (exact) mass is 391 g/mol. The standard InChI is InChI=1S/C18H22FN5O2S/c19-15-11-21-18(22-12-15)23-6-3-16-17(4-7-23)27(25,26)9-8-24(16)13-14-2-1-5-20-10-14/h1-2,5,10-12,16-17H,3-4,6-9,13H2/t16-,17+/m0/s1. The SMILES string of the molecule is O=S1(=O)CCN(Cc2cccnc2)[C@H]2CCN(c3ncc(F)cn3)CC[C@H]21. The third kappa shape index (κ3) is 3.93. The van der Waals surface area contributed by atoms with Crippen LogP contribution in [0.3, 0.4) is 0 Å². The van der Waals surface area contributed by atoms with E-state index >= 15 is 0 Å². The minimum Gasteiger partial charge on any atom is -0.341 e. The maximum atomic E-state index is 13.1. The lowest BCUT2D eigenvalue weighted by Crippen LogP contribution is -2.54. The molecule has 0 N–H and O–H groups in total. The van der Waals surface area contributed by atoms with Crippen LogP contribution in [-0.4, -0.2) is 64.9 Å². The molecule has 0 spiro atoms. The molecule has 2 saturated heterocycles. The first kappa shape index (κ1) is 18.2. The summed E-state index contributed by atoms with van der Waals surface area (Å²) in [6.45, 7) is 2.42. The predicted octanol–water partition coefficient (Wildman–Crippen LogP) is 1.28. The Bertz CT molecular complexity index is 878. The van der Waals surface area contributed by atoms with E-state index in [2.05, 4.69) is 19.9 Å². The highest BCUT2D eigenvalue weighted by Crippen LogP contribution is 2.30. The zero-order valence-corrected chi connectivity index (χ0v) is 15.7. The van der Waals surface area contributed by atoms with Gasteiger partial charge in [-0.1, -0.05) is 6.07 Å². The molecule has 2 aliphatic rings. The molecule has 0 unspecified atom stereocenters. The quantitative estimate of drug-likeness (QED) is 0.780. The number of rotatable bonds is 3. The summed E-state index contributed by atoms with van der Waals surface area (Å²) in [4.78, 5) is 16.5. The van der Waals surface area contributed by atoms with Gasteiger partial charge in [-0.25, -0.2) is 22.8 Å². The van der Waals surface area contributed by atoms with Gasteiger partial charge in [-0.05, 0) is 24.5 Å². The molecule has 0 aliphatic carbocycles. The van der Waals surface area contributed by atoms with Crippen molar-refractivity contribution in [3.63, 3.8) is 0 Å². The average Bonchev–Trinajstić information content (AvgIpc) is 2.90. The highest BCUT2D eigenvalue weighted by atomic mass is 32.2. The molecule has 2 fully saturated rings. The summed E-state index contributed by atoms with van der Waals surface area (Å²) < 4.78 is 38.5. The van der Waals surface area contributed by atoms with Crippen molar-refractivity contribution in [2.45, 2.75) is 30.7 Å². The van der Waals surface area contributed by atoms with Gasteiger partial charge in [-0.15, -0.1) is 0 Å². The molecule has 4 heterocycles. The van der Waals surface area contributed by atoms with Crippen molar-refractivity contribution in [1.29, 1.82) is 0 Å². The molecule has 0 radical (unpaired) electrons. The highest BCUT2D eigenvalue weighted by molar-refractivity contribution is 7.92. The molecule has 2 aromatic heterocycles. The van der Waals surface area contributed by atoms with Crippen molar-refractivity contribution in [3.05, 3.63) is 48.3 Å². The van der Waals surface area contributed by atoms with Gasteiger partial charge in [0.15, 0.2) is 15.7 Å². The van der Waals surface area contributed by atoms with Crippen LogP contribution in [0, 0.1) is 5.82 Å². The largest absolute Gasteiger partial charge is 0.341 e. The fraction of sp³-hybridized carbons (Fsp3) is 0.500. The number of halogens is 1. The van der Waals surface area contributed by atoms with Gasteiger partial charge < -0.3 is 4.90 Å². The van der Waals surface area contributed by atoms with Crippen LogP contribution in [0.5, 0.6) is 0 Å². The number of hydrogen-bond acceptors (Lipinski definition) is 7. The number of hydrogen-bond donors (Lipinski definition) is 0. The van der Waals surface area contributed by atoms with Gasteiger partial charge in [0.25, 0.3) is 0 Å². The lowest BCUT2D eigenvalue weighted by Gasteiger charge is -2.40. The Morgan fingerprint density at radius 1 is 1.11 bits per heavy atom. The van der Waals surface area contributed by atoms with E-state index in [1.54, 1.807) is 6.20 Å². The summed E-state index contributed by atoms with van der Waals surface area (Å²) in [7, 11) is -3.13. The Labute approximate surface area is 158 Å². The molecule has 2 aromatic rings. The first-order valence-electron chi connectivity index (χ1n) is 9.10. The topological polar surface area (TPSA) is 79.3 Å². The number of fused-ring (bicyclic) bond motifs is 1. The van der Waals surface area contributed by atoms with E-state index < -0.39 is 20.9 Å². The predicted molar refractivity (Wildman–Crippen MR) is 99.4 cm³/mol. The van der Waals surface area contributed by atoms with Gasteiger partial charge in [0.2, 0.25) is 5.95 Å². The van der Waals surface area contributed by atoms with E-state index in [4.69, 9.17) is 0 Å². The van der Waals surface area contributed by atoms with Crippen molar-refractivity contribution < 1.29 is 12.8 Å². The van der Waals surface area contributed by atoms with E-state index in [1.807, 2.05) is 23.2 Å². The van der Waals surface area contributed by atoms with Gasteiger partial charge in [-0.3, -0.25) is 9.88 Å². The van der Waals surface area contributed by atoms with E-state index in [1.165, 1.54) is 0 Å². The van der Waals surface area contributed by atoms with E-state index in [0.29, 0.717) is 45.0 Å². The first-order valence-corrected chi connectivity index (χ1v) is 10.8. The maximum Gasteiger partial charge on any atom is 0.225 e. The average molecular weight is 391 g/mol. The van der Waals surface area contributed by atoms with Crippen LogP contribution in [0.2, 0.25) is 0 Å². The zero-order chi connectivity index (χ0) is 18.9. The molecule has 2 aliphatic heterocycles. The second-order valence-corrected chi connectivity index (χ2v) is 9.41. The Morgan fingerprint density at radius 2 is 1.89 bits per heavy atom. The molecular weight excluding hydrogens is 369 g/mol. The third-order valence-corrected chi connectivity index (χ3v) is 7.62. The third-order valence-electron chi connectivity index (χ3n) is 5.40. The molecular formula is C18H22FN5O2S. The normalized spacial score (nSPS) is 25.6. The fourth-order valence-corrected chi connectivity index (χ4v) is 6.09. The van der Waals surface area contributed by atoms with Crippen LogP contribution in [0.25, 0.3) is 0 Å². The Balaban J connectivity index is 1.55. The summed E-state index contributed by atoms with van der Waals surface area (Å²) in [6.07, 6.45) is 7.08. The van der Waals surface area contributed by atoms with Crippen molar-refractivity contribution >= 4 is 15.8 Å². The molecule has 0 amide bonds. The smallest absolute Gasteiger partial charge is 0.225 e. The van der Waals surface area contributed by atoms with Crippen LogP contribution >= 0.6 is 0 Å². The Kier molecular flexibility index (Phi) is 5.05. The van der Waals surface area contributed by atoms with E-state index in [9.17, 15) is 12.8 Å². The molecule has 4 rings (SSSR count). The molecule has 0 bridgehead atoms. The van der Waals surface area contributed by atoms with Gasteiger partial charge in [-0.2, -0.15) is 0 Å². The maximum absolute atomic E-state index is 13.1. The zero-order valence-electron chi connectivity index (χ0n) is 14.9. The minimum absolute atomic E-state index is 0.0468. The highest BCUT2D eigenvalue weighted by Gasteiger charge is 2.42. The molecule has 0 saturated carbocycles. The van der Waals surface area contributed by atoms with Crippen LogP contribution in [-0.2, 0) is 16.4 Å². The van der Waals surface area contributed by atoms with Crippen molar-refractivity contribution in [2.75, 3.05) is 30.3 Å². The van der Waals surface area contributed by atoms with Gasteiger partial charge in [0.1, 0.15) is 0 Å². The molecule has 0 aromatic carbocycles. The number of aromatic nitrogens is 3. The van der Waals surface area contributed by atoms with Gasteiger partial charge in [0.05, 0.1) is 23.4 Å². The van der Waals surface area contributed by atoms with Crippen molar-refractivity contribution in [3.8, 4) is 0 Å². The molecule has 144 valence electrons. The van der Waals surface area contributed by atoms with Crippen LogP contribution < -0.4 is 4.90 Å². The lowest BCUT2D eigenvalue weighted by molar-refractivity contribution is 0.175. The minimum atomic E-state index is -3.13. The molecule has 7 nitrogen and oxygen atoms in total. The summed E-state index contributed by atoms with van der Waals surface area (Å²) >= 11 is 0. The first-order chi connectivity index (χ1) is 13.0. The Morgan fingerprint density at radius 3 is 2.63 bits per heavy atom. The summed E-state index contributed by atoms with van der Waals surface area (Å²) in [6, 6.07) is 3.86. The number of anilines is 1. The molecule has 9 heteroatoms. The number of pyridine rings is 1. The molecule has 27 heavy (non-hydrogen) atoms. The van der Waals surface area contributed by atoms with Crippen LogP contribution in [0.15, 0.2) is 36.9 Å². The second kappa shape index (κ2) is 7.47. The van der Waals surface area contributed by atoms with E-state index in [0.717, 1.165) is 18.0 Å². The Hall–Kier alpha value is -2.13. The summed E-state index contributed by atoms with van der Waals surface area (Å²) in [5, 5.41) is -0.395. The number of sulfone groups is 1. The number of nitrogens with zero attached hydrogens (tertiary/aromatic N) is 5. The summed E-state index contributed by atoms with van der Waals surface area (Å²) in [5.41, 5.74) is 1.08. The van der Waals surface area contributed by atoms with Gasteiger partial charge in [0, 0.05) is 44.6 Å². The van der Waals surface area contributed by atoms with E-state index in [-0.39, 0.29) is 11.8 Å². The fourth-order valence-electron chi connectivity index (χ4n) is 4.05. The van der Waals surface area contributed by atoms with Crippen LogP contribution in [0.4, 0.5) is 10.3 Å². The van der Waals surface area contributed by atoms with Crippen molar-refractivity contribution in [1.82, 2.24) is 19.9 Å². The second-order valence-electron chi connectivity index (χ2n) is 7.07. The lowest BCUT2D eigenvalue weighted by atomic mass is 10.1. The molecule has 2 atom stereocenters. The van der Waals surface area contributed by atoms with Crippen LogP contribution in [0.1, 0.15) is 18.4 Å². The van der Waals surface area contributed by atoms with Crippen molar-refractivity contribution in [2.24, 2.45) is 0 Å². The summed E-state index contributed by atoms with van der Waals surface area (Å²) in [5.74, 6) is 0.153.